The first kappa shape index (κ1) is 8.30. The molecule has 7 heteroatoms. The van der Waals surface area contributed by atoms with Gasteiger partial charge in [-0.05, 0) is 6.07 Å². The van der Waals surface area contributed by atoms with E-state index in [1.165, 1.54) is 29.6 Å². The number of primary amides is 1. The topological polar surface area (TPSA) is 99.6 Å². The van der Waals surface area contributed by atoms with Gasteiger partial charge in [-0.3, -0.25) is 4.79 Å². The van der Waals surface area contributed by atoms with Crippen LogP contribution in [0.3, 0.4) is 0 Å². The quantitative estimate of drug-likeness (QED) is 0.665. The molecular formula is C7H6N6O. The molecule has 0 aromatic carbocycles. The number of amides is 1. The largest absolute Gasteiger partial charge is 0.364 e. The van der Waals surface area contributed by atoms with Crippen LogP contribution in [0.25, 0.3) is 5.95 Å². The van der Waals surface area contributed by atoms with Crippen molar-refractivity contribution in [2.45, 2.75) is 0 Å². The monoisotopic (exact) mass is 190 g/mol. The van der Waals surface area contributed by atoms with Crippen molar-refractivity contribution in [2.24, 2.45) is 5.73 Å². The van der Waals surface area contributed by atoms with Gasteiger partial charge in [0.1, 0.15) is 18.3 Å². The molecule has 0 unspecified atom stereocenters. The molecule has 2 aromatic rings. The van der Waals surface area contributed by atoms with Crippen molar-refractivity contribution in [3.8, 4) is 5.95 Å². The molecular weight excluding hydrogens is 184 g/mol. The number of nitrogens with zero attached hydrogens (tertiary/aromatic N) is 5. The summed E-state index contributed by atoms with van der Waals surface area (Å²) < 4.78 is 1.34. The molecule has 2 rings (SSSR count). The minimum absolute atomic E-state index is 0.144. The lowest BCUT2D eigenvalue weighted by Gasteiger charge is -1.98. The average Bonchev–Trinajstić information content (AvgIpc) is 2.71. The molecule has 7 nitrogen and oxygen atoms in total. The molecule has 0 atom stereocenters. The summed E-state index contributed by atoms with van der Waals surface area (Å²) in [6.07, 6.45) is 4.21. The SMILES string of the molecule is NC(=O)c1ccnc(-n2cncn2)n1. The van der Waals surface area contributed by atoms with Crippen molar-refractivity contribution < 1.29 is 4.79 Å². The smallest absolute Gasteiger partial charge is 0.267 e. The van der Waals surface area contributed by atoms with Crippen LogP contribution < -0.4 is 5.73 Å². The maximum Gasteiger partial charge on any atom is 0.267 e. The molecule has 2 heterocycles. The molecule has 0 aliphatic carbocycles. The Morgan fingerprint density at radius 1 is 1.50 bits per heavy atom. The van der Waals surface area contributed by atoms with Gasteiger partial charge in [-0.25, -0.2) is 15.0 Å². The first-order valence-corrected chi connectivity index (χ1v) is 3.75. The van der Waals surface area contributed by atoms with Gasteiger partial charge in [0.15, 0.2) is 0 Å². The lowest BCUT2D eigenvalue weighted by atomic mass is 10.4. The molecule has 0 radical (unpaired) electrons. The molecule has 0 aliphatic heterocycles. The summed E-state index contributed by atoms with van der Waals surface area (Å²) in [6.45, 7) is 0. The first-order chi connectivity index (χ1) is 6.77. The number of nitrogens with two attached hydrogens (primary N) is 1. The van der Waals surface area contributed by atoms with E-state index >= 15 is 0 Å². The van der Waals surface area contributed by atoms with E-state index in [1.807, 2.05) is 0 Å². The first-order valence-electron chi connectivity index (χ1n) is 3.75. The lowest BCUT2D eigenvalue weighted by Crippen LogP contribution is -2.15. The molecule has 2 aromatic heterocycles. The highest BCUT2D eigenvalue weighted by Crippen LogP contribution is 1.98. The Morgan fingerprint density at radius 3 is 3.00 bits per heavy atom. The van der Waals surface area contributed by atoms with E-state index in [0.29, 0.717) is 0 Å². The molecule has 0 spiro atoms. The summed E-state index contributed by atoms with van der Waals surface area (Å²) >= 11 is 0. The average molecular weight is 190 g/mol. The van der Waals surface area contributed by atoms with Crippen LogP contribution in [-0.4, -0.2) is 30.6 Å². The van der Waals surface area contributed by atoms with E-state index in [4.69, 9.17) is 5.73 Å². The van der Waals surface area contributed by atoms with Crippen LogP contribution in [-0.2, 0) is 0 Å². The number of hydrogen-bond donors (Lipinski definition) is 1. The van der Waals surface area contributed by atoms with Gasteiger partial charge < -0.3 is 5.73 Å². The van der Waals surface area contributed by atoms with Crippen molar-refractivity contribution in [1.82, 2.24) is 24.7 Å². The minimum Gasteiger partial charge on any atom is -0.364 e. The van der Waals surface area contributed by atoms with Gasteiger partial charge in [-0.1, -0.05) is 0 Å². The Kier molecular flexibility index (Phi) is 1.90. The highest BCUT2D eigenvalue weighted by Gasteiger charge is 2.05. The standard InChI is InChI=1S/C7H6N6O/c8-6(14)5-1-2-10-7(12-5)13-4-9-3-11-13/h1-4H,(H2,8,14). The van der Waals surface area contributed by atoms with E-state index in [-0.39, 0.29) is 11.6 Å². The van der Waals surface area contributed by atoms with E-state index in [9.17, 15) is 4.79 Å². The predicted molar refractivity (Wildman–Crippen MR) is 45.5 cm³/mol. The zero-order chi connectivity index (χ0) is 9.97. The molecule has 0 fully saturated rings. The summed E-state index contributed by atoms with van der Waals surface area (Å²) in [4.78, 5) is 22.3. The molecule has 1 amide bonds. The van der Waals surface area contributed by atoms with Crippen LogP contribution in [0.4, 0.5) is 0 Å². The molecule has 0 aliphatic rings. The number of carbonyl (C=O) groups is 1. The normalized spacial score (nSPS) is 10.0. The summed E-state index contributed by atoms with van der Waals surface area (Å²) in [7, 11) is 0. The van der Waals surface area contributed by atoms with Gasteiger partial charge in [0.05, 0.1) is 0 Å². The maximum absolute atomic E-state index is 10.8. The minimum atomic E-state index is -0.603. The summed E-state index contributed by atoms with van der Waals surface area (Å²) in [6, 6.07) is 1.43. The van der Waals surface area contributed by atoms with Crippen molar-refractivity contribution >= 4 is 5.91 Å². The maximum atomic E-state index is 10.8. The van der Waals surface area contributed by atoms with Crippen LogP contribution in [0.15, 0.2) is 24.9 Å². The second-order valence-electron chi connectivity index (χ2n) is 2.45. The highest BCUT2D eigenvalue weighted by molar-refractivity contribution is 5.90. The van der Waals surface area contributed by atoms with Crippen LogP contribution >= 0.6 is 0 Å². The Hall–Kier alpha value is -2.31. The predicted octanol–water partition coefficient (Wildman–Crippen LogP) is -0.844. The van der Waals surface area contributed by atoms with Crippen molar-refractivity contribution in [3.05, 3.63) is 30.6 Å². The third kappa shape index (κ3) is 1.42. The second-order valence-corrected chi connectivity index (χ2v) is 2.45. The molecule has 70 valence electrons. The van der Waals surface area contributed by atoms with Gasteiger partial charge in [0, 0.05) is 6.20 Å². The zero-order valence-corrected chi connectivity index (χ0v) is 7.03. The number of carbonyl (C=O) groups excluding carboxylic acids is 1. The number of aromatic nitrogens is 5. The van der Waals surface area contributed by atoms with E-state index in [2.05, 4.69) is 20.1 Å². The Bertz CT molecular complexity index is 451. The molecule has 0 bridgehead atoms. The molecule has 2 N–H and O–H groups in total. The van der Waals surface area contributed by atoms with Crippen molar-refractivity contribution in [1.29, 1.82) is 0 Å². The highest BCUT2D eigenvalue weighted by atomic mass is 16.1. The Labute approximate surface area is 78.6 Å². The van der Waals surface area contributed by atoms with Crippen molar-refractivity contribution in [3.63, 3.8) is 0 Å². The van der Waals surface area contributed by atoms with Gasteiger partial charge in [0.2, 0.25) is 0 Å². The van der Waals surface area contributed by atoms with Gasteiger partial charge >= 0.3 is 0 Å². The molecule has 0 saturated carbocycles. The van der Waals surface area contributed by atoms with Gasteiger partial charge in [-0.15, -0.1) is 0 Å². The Morgan fingerprint density at radius 2 is 2.36 bits per heavy atom. The van der Waals surface area contributed by atoms with E-state index < -0.39 is 5.91 Å². The summed E-state index contributed by atoms with van der Waals surface area (Å²) in [5.41, 5.74) is 5.21. The van der Waals surface area contributed by atoms with Crippen LogP contribution in [0.1, 0.15) is 10.5 Å². The lowest BCUT2D eigenvalue weighted by molar-refractivity contribution is 0.0995. The van der Waals surface area contributed by atoms with Crippen LogP contribution in [0, 0.1) is 0 Å². The van der Waals surface area contributed by atoms with Crippen molar-refractivity contribution in [2.75, 3.05) is 0 Å². The van der Waals surface area contributed by atoms with Gasteiger partial charge in [0.25, 0.3) is 11.9 Å². The summed E-state index contributed by atoms with van der Waals surface area (Å²) in [5, 5.41) is 3.82. The third-order valence-electron chi connectivity index (χ3n) is 1.52. The fourth-order valence-corrected chi connectivity index (χ4v) is 0.908. The second kappa shape index (κ2) is 3.21. The van der Waals surface area contributed by atoms with Crippen LogP contribution in [0.5, 0.6) is 0 Å². The molecule has 14 heavy (non-hydrogen) atoms. The fourth-order valence-electron chi connectivity index (χ4n) is 0.908. The summed E-state index contributed by atoms with van der Waals surface area (Å²) in [5.74, 6) is -0.340. The van der Waals surface area contributed by atoms with E-state index in [0.717, 1.165) is 0 Å². The fraction of sp³-hybridized carbons (Fsp3) is 0. The molecule has 0 saturated heterocycles. The number of rotatable bonds is 2. The van der Waals surface area contributed by atoms with E-state index in [1.54, 1.807) is 0 Å². The zero-order valence-electron chi connectivity index (χ0n) is 7.03. The van der Waals surface area contributed by atoms with Crippen LogP contribution in [0.2, 0.25) is 0 Å². The number of hydrogen-bond acceptors (Lipinski definition) is 5. The van der Waals surface area contributed by atoms with Gasteiger partial charge in [-0.2, -0.15) is 9.78 Å². The third-order valence-corrected chi connectivity index (χ3v) is 1.52. The Balaban J connectivity index is 2.46.